The number of nitrogens with one attached hydrogen (secondary N) is 1. The molecule has 1 amide bonds. The lowest BCUT2D eigenvalue weighted by molar-refractivity contribution is 0.102. The number of rotatable bonds is 6. The highest BCUT2D eigenvalue weighted by Gasteiger charge is 2.08. The average molecular weight is 335 g/mol. The fraction of sp³-hybridized carbons (Fsp3) is 0.105. The van der Waals surface area contributed by atoms with Gasteiger partial charge in [0.15, 0.2) is 0 Å². The third-order valence-corrected chi connectivity index (χ3v) is 3.41. The summed E-state index contributed by atoms with van der Waals surface area (Å²) in [5.74, 6) is 0.856. The van der Waals surface area contributed by atoms with E-state index in [-0.39, 0.29) is 5.91 Å². The first kappa shape index (κ1) is 16.4. The van der Waals surface area contributed by atoms with Gasteiger partial charge in [0.25, 0.3) is 5.91 Å². The Kier molecular flexibility index (Phi) is 5.21. The van der Waals surface area contributed by atoms with E-state index in [1.165, 1.54) is 13.3 Å². The van der Waals surface area contributed by atoms with Crippen LogP contribution in [0.25, 0.3) is 0 Å². The molecule has 0 saturated carbocycles. The van der Waals surface area contributed by atoms with E-state index >= 15 is 0 Å². The van der Waals surface area contributed by atoms with E-state index in [2.05, 4.69) is 15.3 Å². The number of benzene rings is 1. The number of amides is 1. The highest BCUT2D eigenvalue weighted by atomic mass is 16.5. The Morgan fingerprint density at radius 1 is 1.08 bits per heavy atom. The van der Waals surface area contributed by atoms with Crippen molar-refractivity contribution in [2.45, 2.75) is 6.61 Å². The summed E-state index contributed by atoms with van der Waals surface area (Å²) >= 11 is 0. The minimum Gasteiger partial charge on any atom is -0.487 e. The van der Waals surface area contributed by atoms with Gasteiger partial charge in [-0.1, -0.05) is 12.1 Å². The number of hydrogen-bond donors (Lipinski definition) is 1. The van der Waals surface area contributed by atoms with Crippen molar-refractivity contribution in [2.24, 2.45) is 0 Å². The van der Waals surface area contributed by atoms with Crippen LogP contribution in [0.15, 0.2) is 67.0 Å². The molecule has 0 atom stereocenters. The number of aromatic nitrogens is 2. The number of carbonyl (C=O) groups is 1. The molecule has 2 heterocycles. The van der Waals surface area contributed by atoms with Gasteiger partial charge in [-0.15, -0.1) is 0 Å². The molecule has 1 aromatic carbocycles. The summed E-state index contributed by atoms with van der Waals surface area (Å²) in [5, 5.41) is 2.82. The lowest BCUT2D eigenvalue weighted by atomic mass is 10.2. The van der Waals surface area contributed by atoms with Crippen LogP contribution in [-0.2, 0) is 6.61 Å². The van der Waals surface area contributed by atoms with E-state index in [9.17, 15) is 4.79 Å². The second kappa shape index (κ2) is 7.92. The number of carbonyl (C=O) groups excluding carboxylic acids is 1. The fourth-order valence-corrected chi connectivity index (χ4v) is 2.14. The molecule has 0 unspecified atom stereocenters. The standard InChI is InChI=1S/C19H17N3O3/c1-24-18-9-8-14(12-21-18)19(23)22-15-6-4-7-17(11-15)25-13-16-5-2-3-10-20-16/h2-12H,13H2,1H3,(H,22,23). The maximum atomic E-state index is 12.3. The highest BCUT2D eigenvalue weighted by molar-refractivity contribution is 6.04. The highest BCUT2D eigenvalue weighted by Crippen LogP contribution is 2.19. The number of anilines is 1. The minimum absolute atomic E-state index is 0.253. The van der Waals surface area contributed by atoms with Gasteiger partial charge in [-0.3, -0.25) is 9.78 Å². The topological polar surface area (TPSA) is 73.3 Å². The summed E-state index contributed by atoms with van der Waals surface area (Å²) in [7, 11) is 1.53. The van der Waals surface area contributed by atoms with E-state index in [0.717, 1.165) is 5.69 Å². The largest absolute Gasteiger partial charge is 0.487 e. The van der Waals surface area contributed by atoms with Crippen LogP contribution in [0.4, 0.5) is 5.69 Å². The minimum atomic E-state index is -0.253. The van der Waals surface area contributed by atoms with Crippen molar-refractivity contribution in [2.75, 3.05) is 12.4 Å². The van der Waals surface area contributed by atoms with E-state index in [4.69, 9.17) is 9.47 Å². The SMILES string of the molecule is COc1ccc(C(=O)Nc2cccc(OCc3ccccn3)c2)cn1. The maximum Gasteiger partial charge on any atom is 0.257 e. The zero-order valence-electron chi connectivity index (χ0n) is 13.7. The second-order valence-corrected chi connectivity index (χ2v) is 5.18. The van der Waals surface area contributed by atoms with Crippen LogP contribution in [-0.4, -0.2) is 23.0 Å². The van der Waals surface area contributed by atoms with Crippen molar-refractivity contribution in [3.8, 4) is 11.6 Å². The van der Waals surface area contributed by atoms with E-state index in [0.29, 0.717) is 29.5 Å². The van der Waals surface area contributed by atoms with Crippen LogP contribution in [0.2, 0.25) is 0 Å². The second-order valence-electron chi connectivity index (χ2n) is 5.18. The van der Waals surface area contributed by atoms with Gasteiger partial charge in [-0.05, 0) is 30.3 Å². The van der Waals surface area contributed by atoms with E-state index < -0.39 is 0 Å². The summed E-state index contributed by atoms with van der Waals surface area (Å²) in [6.45, 7) is 0.362. The number of nitrogens with zero attached hydrogens (tertiary/aromatic N) is 2. The first-order valence-electron chi connectivity index (χ1n) is 7.69. The van der Waals surface area contributed by atoms with Gasteiger partial charge in [-0.25, -0.2) is 4.98 Å². The zero-order valence-corrected chi connectivity index (χ0v) is 13.7. The van der Waals surface area contributed by atoms with Gasteiger partial charge in [0.05, 0.1) is 18.4 Å². The van der Waals surface area contributed by atoms with Gasteiger partial charge in [-0.2, -0.15) is 0 Å². The van der Waals surface area contributed by atoms with Crippen LogP contribution in [0.5, 0.6) is 11.6 Å². The Bertz CT molecular complexity index is 836. The molecule has 0 spiro atoms. The summed E-state index contributed by atoms with van der Waals surface area (Å²) in [4.78, 5) is 20.5. The van der Waals surface area contributed by atoms with Crippen LogP contribution >= 0.6 is 0 Å². The van der Waals surface area contributed by atoms with Gasteiger partial charge in [0, 0.05) is 30.2 Å². The Hall–Kier alpha value is -3.41. The van der Waals surface area contributed by atoms with Crippen molar-refractivity contribution in [3.05, 3.63) is 78.2 Å². The predicted octanol–water partition coefficient (Wildman–Crippen LogP) is 3.32. The van der Waals surface area contributed by atoms with E-state index in [1.807, 2.05) is 30.3 Å². The quantitative estimate of drug-likeness (QED) is 0.748. The van der Waals surface area contributed by atoms with Gasteiger partial charge in [0.2, 0.25) is 5.88 Å². The molecule has 0 bridgehead atoms. The number of methoxy groups -OCH3 is 1. The van der Waals surface area contributed by atoms with Crippen molar-refractivity contribution in [1.82, 2.24) is 9.97 Å². The van der Waals surface area contributed by atoms with Crippen LogP contribution in [0.1, 0.15) is 16.1 Å². The first-order chi connectivity index (χ1) is 12.2. The molecule has 0 fully saturated rings. The average Bonchev–Trinajstić information content (AvgIpc) is 2.67. The molecule has 0 aliphatic carbocycles. The van der Waals surface area contributed by atoms with Crippen molar-refractivity contribution in [3.63, 3.8) is 0 Å². The van der Waals surface area contributed by atoms with Crippen molar-refractivity contribution < 1.29 is 14.3 Å². The van der Waals surface area contributed by atoms with Crippen LogP contribution < -0.4 is 14.8 Å². The molecule has 0 saturated heterocycles. The molecule has 2 aromatic heterocycles. The maximum absolute atomic E-state index is 12.3. The van der Waals surface area contributed by atoms with Crippen LogP contribution in [0, 0.1) is 0 Å². The van der Waals surface area contributed by atoms with Gasteiger partial charge in [0.1, 0.15) is 12.4 Å². The Morgan fingerprint density at radius 3 is 2.72 bits per heavy atom. The molecular weight excluding hydrogens is 318 g/mol. The number of hydrogen-bond acceptors (Lipinski definition) is 5. The summed E-state index contributed by atoms with van der Waals surface area (Å²) in [5.41, 5.74) is 1.92. The predicted molar refractivity (Wildman–Crippen MR) is 93.8 cm³/mol. The third kappa shape index (κ3) is 4.54. The smallest absolute Gasteiger partial charge is 0.257 e. The Labute approximate surface area is 145 Å². The summed E-state index contributed by atoms with van der Waals surface area (Å²) < 4.78 is 10.7. The molecule has 3 aromatic rings. The number of ether oxygens (including phenoxy) is 2. The summed E-state index contributed by atoms with van der Waals surface area (Å²) in [6, 6.07) is 16.1. The van der Waals surface area contributed by atoms with Gasteiger partial charge >= 0.3 is 0 Å². The lowest BCUT2D eigenvalue weighted by Crippen LogP contribution is -2.12. The molecule has 0 aliphatic rings. The molecule has 1 N–H and O–H groups in total. The van der Waals surface area contributed by atoms with Crippen molar-refractivity contribution in [1.29, 1.82) is 0 Å². The molecule has 6 heteroatoms. The third-order valence-electron chi connectivity index (χ3n) is 3.41. The molecule has 0 aliphatic heterocycles. The molecule has 6 nitrogen and oxygen atoms in total. The normalized spacial score (nSPS) is 10.1. The number of pyridine rings is 2. The first-order valence-corrected chi connectivity index (χ1v) is 7.69. The summed E-state index contributed by atoms with van der Waals surface area (Å²) in [6.07, 6.45) is 3.19. The molecule has 25 heavy (non-hydrogen) atoms. The molecule has 0 radical (unpaired) electrons. The lowest BCUT2D eigenvalue weighted by Gasteiger charge is -2.09. The Morgan fingerprint density at radius 2 is 2.00 bits per heavy atom. The molecule has 126 valence electrons. The Balaban J connectivity index is 1.63. The zero-order chi connectivity index (χ0) is 17.5. The van der Waals surface area contributed by atoms with Crippen LogP contribution in [0.3, 0.4) is 0 Å². The van der Waals surface area contributed by atoms with E-state index in [1.54, 1.807) is 30.5 Å². The van der Waals surface area contributed by atoms with Gasteiger partial charge < -0.3 is 14.8 Å². The monoisotopic (exact) mass is 335 g/mol. The molecule has 3 rings (SSSR count). The van der Waals surface area contributed by atoms with Crippen molar-refractivity contribution >= 4 is 11.6 Å². The molecular formula is C19H17N3O3. The fourth-order valence-electron chi connectivity index (χ4n) is 2.14.